The van der Waals surface area contributed by atoms with E-state index in [9.17, 15) is 9.59 Å². The molecule has 1 aromatic rings. The zero-order valence-corrected chi connectivity index (χ0v) is 16.4. The minimum atomic E-state index is -0.0786. The SMILES string of the molecule is O=C(CN1CCN(C(=O)c2ccc(Cl)cc2Cl)CC1)N1CCCCCC1. The van der Waals surface area contributed by atoms with Gasteiger partial charge in [0.15, 0.2) is 0 Å². The molecular formula is C19H25Cl2N3O2. The van der Waals surface area contributed by atoms with E-state index in [2.05, 4.69) is 4.90 Å². The van der Waals surface area contributed by atoms with E-state index in [1.807, 2.05) is 4.90 Å². The fourth-order valence-electron chi connectivity index (χ4n) is 3.55. The van der Waals surface area contributed by atoms with Crippen molar-refractivity contribution in [3.8, 4) is 0 Å². The van der Waals surface area contributed by atoms with Crippen molar-refractivity contribution in [2.45, 2.75) is 25.7 Å². The van der Waals surface area contributed by atoms with Crippen LogP contribution in [0.15, 0.2) is 18.2 Å². The topological polar surface area (TPSA) is 43.9 Å². The molecule has 2 aliphatic rings. The minimum absolute atomic E-state index is 0.0786. The number of likely N-dealkylation sites (tertiary alicyclic amines) is 1. The number of piperazine rings is 1. The number of carbonyl (C=O) groups is 2. The van der Waals surface area contributed by atoms with Gasteiger partial charge in [0, 0.05) is 44.3 Å². The molecule has 2 heterocycles. The summed E-state index contributed by atoms with van der Waals surface area (Å²) in [6, 6.07) is 4.94. The van der Waals surface area contributed by atoms with Gasteiger partial charge in [0.1, 0.15) is 0 Å². The summed E-state index contributed by atoms with van der Waals surface area (Å²) in [5.74, 6) is 0.137. The van der Waals surface area contributed by atoms with Gasteiger partial charge in [-0.3, -0.25) is 14.5 Å². The van der Waals surface area contributed by atoms with Crippen molar-refractivity contribution in [1.82, 2.24) is 14.7 Å². The summed E-state index contributed by atoms with van der Waals surface area (Å²) in [7, 11) is 0. The molecule has 7 heteroatoms. The van der Waals surface area contributed by atoms with E-state index in [1.165, 1.54) is 12.8 Å². The second-order valence-corrected chi connectivity index (χ2v) is 7.83. The monoisotopic (exact) mass is 397 g/mol. The fourth-order valence-corrected chi connectivity index (χ4v) is 4.04. The molecule has 0 radical (unpaired) electrons. The average molecular weight is 398 g/mol. The molecule has 0 bridgehead atoms. The molecule has 1 aromatic carbocycles. The van der Waals surface area contributed by atoms with Gasteiger partial charge in [-0.15, -0.1) is 0 Å². The van der Waals surface area contributed by atoms with Gasteiger partial charge in [-0.25, -0.2) is 0 Å². The largest absolute Gasteiger partial charge is 0.342 e. The number of hydrogen-bond acceptors (Lipinski definition) is 3. The summed E-state index contributed by atoms with van der Waals surface area (Å²) in [4.78, 5) is 31.1. The van der Waals surface area contributed by atoms with Crippen LogP contribution < -0.4 is 0 Å². The second kappa shape index (κ2) is 9.07. The predicted molar refractivity (Wildman–Crippen MR) is 104 cm³/mol. The van der Waals surface area contributed by atoms with Crippen molar-refractivity contribution in [1.29, 1.82) is 0 Å². The van der Waals surface area contributed by atoms with E-state index in [0.717, 1.165) is 25.9 Å². The molecule has 2 saturated heterocycles. The lowest BCUT2D eigenvalue weighted by Gasteiger charge is -2.35. The molecule has 2 fully saturated rings. The third-order valence-corrected chi connectivity index (χ3v) is 5.69. The zero-order chi connectivity index (χ0) is 18.5. The lowest BCUT2D eigenvalue weighted by Crippen LogP contribution is -2.51. The van der Waals surface area contributed by atoms with Crippen molar-refractivity contribution in [3.05, 3.63) is 33.8 Å². The smallest absolute Gasteiger partial charge is 0.255 e. The van der Waals surface area contributed by atoms with Gasteiger partial charge in [-0.05, 0) is 31.0 Å². The Morgan fingerprint density at radius 2 is 1.50 bits per heavy atom. The molecule has 0 atom stereocenters. The van der Waals surface area contributed by atoms with Crippen molar-refractivity contribution in [2.24, 2.45) is 0 Å². The van der Waals surface area contributed by atoms with E-state index in [1.54, 1.807) is 23.1 Å². The van der Waals surface area contributed by atoms with E-state index in [0.29, 0.717) is 48.3 Å². The molecule has 0 aromatic heterocycles. The van der Waals surface area contributed by atoms with Gasteiger partial charge in [0.05, 0.1) is 17.1 Å². The van der Waals surface area contributed by atoms with Gasteiger partial charge in [0.25, 0.3) is 5.91 Å². The van der Waals surface area contributed by atoms with Gasteiger partial charge < -0.3 is 9.80 Å². The Bertz CT molecular complexity index is 652. The van der Waals surface area contributed by atoms with Gasteiger partial charge in [-0.2, -0.15) is 0 Å². The summed E-state index contributed by atoms with van der Waals surface area (Å²) in [5.41, 5.74) is 0.477. The van der Waals surface area contributed by atoms with Crippen LogP contribution in [0.1, 0.15) is 36.0 Å². The van der Waals surface area contributed by atoms with Crippen LogP contribution in [-0.4, -0.2) is 72.3 Å². The minimum Gasteiger partial charge on any atom is -0.342 e. The molecule has 2 amide bonds. The molecule has 0 spiro atoms. The van der Waals surface area contributed by atoms with Crippen LogP contribution in [-0.2, 0) is 4.79 Å². The van der Waals surface area contributed by atoms with Crippen LogP contribution in [0, 0.1) is 0 Å². The first-order valence-corrected chi connectivity index (χ1v) is 10.0. The zero-order valence-electron chi connectivity index (χ0n) is 14.9. The molecule has 5 nitrogen and oxygen atoms in total. The summed E-state index contributed by atoms with van der Waals surface area (Å²) in [6.45, 7) is 4.83. The van der Waals surface area contributed by atoms with Crippen molar-refractivity contribution in [2.75, 3.05) is 45.8 Å². The van der Waals surface area contributed by atoms with E-state index in [4.69, 9.17) is 23.2 Å². The lowest BCUT2D eigenvalue weighted by atomic mass is 10.1. The van der Waals surface area contributed by atoms with Crippen LogP contribution >= 0.6 is 23.2 Å². The fraction of sp³-hybridized carbons (Fsp3) is 0.579. The Labute approximate surface area is 164 Å². The van der Waals surface area contributed by atoms with Crippen LogP contribution in [0.4, 0.5) is 0 Å². The third kappa shape index (κ3) is 4.90. The lowest BCUT2D eigenvalue weighted by molar-refractivity contribution is -0.132. The molecular weight excluding hydrogens is 373 g/mol. The highest BCUT2D eigenvalue weighted by molar-refractivity contribution is 6.36. The van der Waals surface area contributed by atoms with E-state index < -0.39 is 0 Å². The Morgan fingerprint density at radius 3 is 2.12 bits per heavy atom. The number of carbonyl (C=O) groups excluding carboxylic acids is 2. The van der Waals surface area contributed by atoms with Gasteiger partial charge >= 0.3 is 0 Å². The first-order chi connectivity index (χ1) is 12.5. The summed E-state index contributed by atoms with van der Waals surface area (Å²) in [5, 5.41) is 0.893. The Kier molecular flexibility index (Phi) is 6.79. The van der Waals surface area contributed by atoms with Crippen LogP contribution in [0.5, 0.6) is 0 Å². The maximum absolute atomic E-state index is 12.7. The quantitative estimate of drug-likeness (QED) is 0.786. The first-order valence-electron chi connectivity index (χ1n) is 9.29. The molecule has 0 aliphatic carbocycles. The number of nitrogens with zero attached hydrogens (tertiary/aromatic N) is 3. The molecule has 142 valence electrons. The Hall–Kier alpha value is -1.30. The highest BCUT2D eigenvalue weighted by atomic mass is 35.5. The standard InChI is InChI=1S/C19H25Cl2N3O2/c20-15-5-6-16(17(21)13-15)19(26)24-11-9-22(10-12-24)14-18(25)23-7-3-1-2-4-8-23/h5-6,13H,1-4,7-12,14H2. The van der Waals surface area contributed by atoms with Crippen molar-refractivity contribution in [3.63, 3.8) is 0 Å². The summed E-state index contributed by atoms with van der Waals surface area (Å²) >= 11 is 12.0. The molecule has 2 aliphatic heterocycles. The number of rotatable bonds is 3. The second-order valence-electron chi connectivity index (χ2n) is 6.99. The van der Waals surface area contributed by atoms with Crippen LogP contribution in [0.3, 0.4) is 0 Å². The molecule has 0 N–H and O–H groups in total. The molecule has 26 heavy (non-hydrogen) atoms. The van der Waals surface area contributed by atoms with Crippen LogP contribution in [0.2, 0.25) is 10.0 Å². The third-order valence-electron chi connectivity index (χ3n) is 5.14. The highest BCUT2D eigenvalue weighted by Gasteiger charge is 2.26. The Morgan fingerprint density at radius 1 is 0.846 bits per heavy atom. The Balaban J connectivity index is 1.50. The number of hydrogen-bond donors (Lipinski definition) is 0. The first kappa shape index (κ1) is 19.5. The van der Waals surface area contributed by atoms with Crippen LogP contribution in [0.25, 0.3) is 0 Å². The summed E-state index contributed by atoms with van der Waals surface area (Å²) in [6.07, 6.45) is 4.65. The molecule has 3 rings (SSSR count). The average Bonchev–Trinajstić information content (AvgIpc) is 2.91. The van der Waals surface area contributed by atoms with Gasteiger partial charge in [0.2, 0.25) is 5.91 Å². The maximum Gasteiger partial charge on any atom is 0.255 e. The summed E-state index contributed by atoms with van der Waals surface area (Å²) < 4.78 is 0. The van der Waals surface area contributed by atoms with Crippen molar-refractivity contribution < 1.29 is 9.59 Å². The number of benzene rings is 1. The number of amides is 2. The highest BCUT2D eigenvalue weighted by Crippen LogP contribution is 2.23. The van der Waals surface area contributed by atoms with E-state index in [-0.39, 0.29) is 11.8 Å². The van der Waals surface area contributed by atoms with E-state index >= 15 is 0 Å². The predicted octanol–water partition coefficient (Wildman–Crippen LogP) is 3.15. The van der Waals surface area contributed by atoms with Gasteiger partial charge in [-0.1, -0.05) is 36.0 Å². The normalized spacial score (nSPS) is 19.3. The molecule has 0 saturated carbocycles. The van der Waals surface area contributed by atoms with Crippen molar-refractivity contribution >= 4 is 35.0 Å². The number of halogens is 2. The maximum atomic E-state index is 12.7. The molecule has 0 unspecified atom stereocenters.